The molecular weight excluding hydrogens is 451 g/mol. The number of amides is 1. The van der Waals surface area contributed by atoms with Crippen LogP contribution in [0.15, 0.2) is 49.2 Å². The molecule has 2 fully saturated rings. The van der Waals surface area contributed by atoms with E-state index < -0.39 is 5.82 Å². The summed E-state index contributed by atoms with van der Waals surface area (Å²) < 4.78 is 20.2. The van der Waals surface area contributed by atoms with Crippen molar-refractivity contribution in [2.24, 2.45) is 0 Å². The van der Waals surface area contributed by atoms with Crippen LogP contribution in [0.25, 0.3) is 32.9 Å². The van der Waals surface area contributed by atoms with Gasteiger partial charge < -0.3 is 14.9 Å². The van der Waals surface area contributed by atoms with Gasteiger partial charge in [0, 0.05) is 35.8 Å². The van der Waals surface area contributed by atoms with Crippen molar-refractivity contribution in [3.63, 3.8) is 0 Å². The number of phenols is 1. The maximum absolute atomic E-state index is 15.8. The number of carbonyl (C=O) groups is 1. The topological polar surface area (TPSA) is 69.6 Å². The quantitative estimate of drug-likeness (QED) is 0.357. The zero-order chi connectivity index (χ0) is 23.6. The Balaban J connectivity index is 1.43. The molecule has 2 saturated heterocycles. The van der Waals surface area contributed by atoms with Crippen molar-refractivity contribution in [2.45, 2.75) is 18.5 Å². The van der Waals surface area contributed by atoms with Gasteiger partial charge in [-0.05, 0) is 47.6 Å². The number of aromatic hydroxyl groups is 1. The van der Waals surface area contributed by atoms with E-state index in [0.29, 0.717) is 40.4 Å². The first-order valence-corrected chi connectivity index (χ1v) is 11.7. The predicted molar refractivity (Wildman–Crippen MR) is 131 cm³/mol. The predicted octanol–water partition coefficient (Wildman–Crippen LogP) is 4.31. The fourth-order valence-electron chi connectivity index (χ4n) is 5.22. The molecule has 0 spiro atoms. The van der Waals surface area contributed by atoms with Crippen LogP contribution in [0.4, 0.5) is 9.39 Å². The van der Waals surface area contributed by atoms with Gasteiger partial charge in [-0.25, -0.2) is 4.39 Å². The van der Waals surface area contributed by atoms with Crippen LogP contribution in [0.1, 0.15) is 12.0 Å². The molecule has 0 radical (unpaired) electrons. The third-order valence-electron chi connectivity index (χ3n) is 6.83. The summed E-state index contributed by atoms with van der Waals surface area (Å²) in [7, 11) is 0. The Hall–Kier alpha value is -3.96. The van der Waals surface area contributed by atoms with Crippen LogP contribution in [-0.4, -0.2) is 50.4 Å². The van der Waals surface area contributed by atoms with Crippen molar-refractivity contribution in [1.29, 1.82) is 0 Å². The van der Waals surface area contributed by atoms with Gasteiger partial charge in [-0.15, -0.1) is 6.42 Å². The first kappa shape index (κ1) is 20.6. The van der Waals surface area contributed by atoms with Crippen LogP contribution >= 0.6 is 11.5 Å². The lowest BCUT2D eigenvalue weighted by molar-refractivity contribution is -0.127. The van der Waals surface area contributed by atoms with Crippen molar-refractivity contribution < 1.29 is 14.3 Å². The van der Waals surface area contributed by atoms with Crippen LogP contribution in [0.2, 0.25) is 0 Å². The number of terminal acetylenes is 1. The number of phenolic OH excluding ortho intramolecular Hbond substituents is 1. The van der Waals surface area contributed by atoms with Gasteiger partial charge in [0.25, 0.3) is 0 Å². The lowest BCUT2D eigenvalue weighted by Crippen LogP contribution is -2.62. The van der Waals surface area contributed by atoms with E-state index in [2.05, 4.69) is 26.8 Å². The molecule has 4 aromatic rings. The molecule has 0 aliphatic carbocycles. The molecule has 2 aliphatic heterocycles. The van der Waals surface area contributed by atoms with Crippen LogP contribution < -0.4 is 4.90 Å². The normalized spacial score (nSPS) is 19.2. The summed E-state index contributed by atoms with van der Waals surface area (Å²) in [6.07, 6.45) is 9.53. The van der Waals surface area contributed by atoms with Crippen molar-refractivity contribution in [3.8, 4) is 29.4 Å². The zero-order valence-corrected chi connectivity index (χ0v) is 18.8. The second-order valence-electron chi connectivity index (χ2n) is 8.52. The second-order valence-corrected chi connectivity index (χ2v) is 9.28. The van der Waals surface area contributed by atoms with Gasteiger partial charge in [-0.2, -0.15) is 4.37 Å². The molecule has 4 heterocycles. The van der Waals surface area contributed by atoms with Crippen LogP contribution in [0.3, 0.4) is 0 Å². The molecule has 34 heavy (non-hydrogen) atoms. The molecule has 0 saturated carbocycles. The van der Waals surface area contributed by atoms with Crippen molar-refractivity contribution >= 4 is 44.1 Å². The number of hydrogen-bond acceptors (Lipinski definition) is 6. The van der Waals surface area contributed by atoms with E-state index in [1.165, 1.54) is 23.7 Å². The van der Waals surface area contributed by atoms with E-state index in [1.54, 1.807) is 24.4 Å². The average molecular weight is 471 g/mol. The number of nitrogens with zero attached hydrogens (tertiary/aromatic N) is 4. The number of hydrogen-bond donors (Lipinski definition) is 1. The van der Waals surface area contributed by atoms with Crippen LogP contribution in [0, 0.1) is 18.2 Å². The third-order valence-corrected chi connectivity index (χ3v) is 7.73. The second kappa shape index (κ2) is 7.54. The van der Waals surface area contributed by atoms with Gasteiger partial charge in [0.05, 0.1) is 17.5 Å². The maximum atomic E-state index is 15.8. The summed E-state index contributed by atoms with van der Waals surface area (Å²) in [5, 5.41) is 13.1. The van der Waals surface area contributed by atoms with E-state index in [0.717, 1.165) is 11.4 Å². The molecule has 2 atom stereocenters. The Bertz CT molecular complexity index is 1560. The molecule has 1 N–H and O–H groups in total. The Morgan fingerprint density at radius 3 is 3.00 bits per heavy atom. The van der Waals surface area contributed by atoms with Gasteiger partial charge in [0.1, 0.15) is 22.0 Å². The first-order valence-electron chi connectivity index (χ1n) is 10.9. The number of likely N-dealkylation sites (tertiary alicyclic amines) is 1. The Kier molecular flexibility index (Phi) is 4.57. The number of aromatic nitrogens is 2. The number of carbonyl (C=O) groups excluding carboxylic acids is 1. The average Bonchev–Trinajstić information content (AvgIpc) is 3.40. The van der Waals surface area contributed by atoms with Gasteiger partial charge >= 0.3 is 0 Å². The first-order chi connectivity index (χ1) is 16.5. The minimum atomic E-state index is -0.550. The van der Waals surface area contributed by atoms with E-state index >= 15 is 4.39 Å². The van der Waals surface area contributed by atoms with Crippen LogP contribution in [0.5, 0.6) is 5.75 Å². The van der Waals surface area contributed by atoms with Crippen molar-refractivity contribution in [2.75, 3.05) is 18.0 Å². The van der Waals surface area contributed by atoms with Crippen molar-refractivity contribution in [3.05, 3.63) is 60.6 Å². The Morgan fingerprint density at radius 2 is 2.21 bits per heavy atom. The highest BCUT2D eigenvalue weighted by Crippen LogP contribution is 2.44. The molecule has 2 aromatic heterocycles. The highest BCUT2D eigenvalue weighted by Gasteiger charge is 2.49. The summed E-state index contributed by atoms with van der Waals surface area (Å²) in [5.41, 5.74) is 1.35. The third kappa shape index (κ3) is 2.83. The number of anilines is 1. The molecule has 2 aliphatic rings. The highest BCUT2D eigenvalue weighted by molar-refractivity contribution is 7.11. The van der Waals surface area contributed by atoms with E-state index in [4.69, 9.17) is 6.42 Å². The fraction of sp³-hybridized carbons (Fsp3) is 0.192. The summed E-state index contributed by atoms with van der Waals surface area (Å²) in [6, 6.07) is 8.80. The maximum Gasteiger partial charge on any atom is 0.246 e. The smallest absolute Gasteiger partial charge is 0.246 e. The fourth-order valence-corrected chi connectivity index (χ4v) is 6.14. The molecule has 2 aromatic carbocycles. The number of fused-ring (bicyclic) bond motifs is 3. The largest absolute Gasteiger partial charge is 0.508 e. The number of rotatable bonds is 3. The van der Waals surface area contributed by atoms with Crippen molar-refractivity contribution in [1.82, 2.24) is 14.3 Å². The Morgan fingerprint density at radius 1 is 1.35 bits per heavy atom. The van der Waals surface area contributed by atoms with Crippen LogP contribution in [-0.2, 0) is 4.79 Å². The van der Waals surface area contributed by atoms with Gasteiger partial charge in [-0.3, -0.25) is 9.78 Å². The summed E-state index contributed by atoms with van der Waals surface area (Å²) in [4.78, 5) is 20.6. The lowest BCUT2D eigenvalue weighted by atomic mass is 9.96. The van der Waals surface area contributed by atoms with Gasteiger partial charge in [0.2, 0.25) is 5.91 Å². The summed E-state index contributed by atoms with van der Waals surface area (Å²) >= 11 is 1.23. The summed E-state index contributed by atoms with van der Waals surface area (Å²) in [6.45, 7) is 4.95. The Labute approximate surface area is 199 Å². The molecule has 6 nitrogen and oxygen atoms in total. The van der Waals surface area contributed by atoms with E-state index in [-0.39, 0.29) is 35.0 Å². The minimum absolute atomic E-state index is 0.00316. The van der Waals surface area contributed by atoms with E-state index in [9.17, 15) is 9.90 Å². The molecule has 168 valence electrons. The standard InChI is InChI=1S/C26H19FN4O2S/c1-3-14-6-5-7-15-10-16(32)11-17(22(14)15)24-23(27)25-18(12-28-24)26(34-29-25)31-13-20-19(31)8-9-30(20)21(33)4-2/h1,4-7,10-12,19-20,32H,2,8-9,13H2/t19-,20-/m1/s1. The number of halogens is 1. The van der Waals surface area contributed by atoms with Gasteiger partial charge in [-0.1, -0.05) is 24.6 Å². The number of pyridine rings is 1. The molecule has 0 bridgehead atoms. The molecular formula is C26H19FN4O2S. The summed E-state index contributed by atoms with van der Waals surface area (Å²) in [5.74, 6) is 2.04. The minimum Gasteiger partial charge on any atom is -0.508 e. The monoisotopic (exact) mass is 470 g/mol. The van der Waals surface area contributed by atoms with E-state index in [1.807, 2.05) is 11.0 Å². The molecule has 0 unspecified atom stereocenters. The lowest BCUT2D eigenvalue weighted by Gasteiger charge is -2.47. The zero-order valence-electron chi connectivity index (χ0n) is 18.0. The number of benzene rings is 2. The molecule has 6 rings (SSSR count). The SMILES string of the molecule is C#Cc1cccc2cc(O)cc(-c3ncc4c(N5C[C@@H]6[C@H]5CCN6C(=O)C=C)snc4c3F)c12. The molecule has 1 amide bonds. The van der Waals surface area contributed by atoms with Gasteiger partial charge in [0.15, 0.2) is 5.82 Å². The highest BCUT2D eigenvalue weighted by atomic mass is 32.1. The molecule has 8 heteroatoms.